The van der Waals surface area contributed by atoms with Gasteiger partial charge in [0.15, 0.2) is 0 Å². The first kappa shape index (κ1) is 19.1. The second-order valence-electron chi connectivity index (χ2n) is 5.71. The highest BCUT2D eigenvalue weighted by molar-refractivity contribution is 6.00. The molecule has 0 bridgehead atoms. The summed E-state index contributed by atoms with van der Waals surface area (Å²) < 4.78 is 0. The molecule has 23 heavy (non-hydrogen) atoms. The van der Waals surface area contributed by atoms with Crippen LogP contribution in [0.4, 0.5) is 11.4 Å². The van der Waals surface area contributed by atoms with E-state index in [0.29, 0.717) is 10.9 Å². The third-order valence-corrected chi connectivity index (χ3v) is 3.76. The van der Waals surface area contributed by atoms with Crippen LogP contribution in [0.3, 0.4) is 0 Å². The molecule has 126 valence electrons. The van der Waals surface area contributed by atoms with E-state index in [1.807, 2.05) is 34.0 Å². The smallest absolute Gasteiger partial charge is 0.280 e. The maximum absolute atomic E-state index is 11.3. The van der Waals surface area contributed by atoms with Gasteiger partial charge in [0.2, 0.25) is 0 Å². The average Bonchev–Trinajstić information content (AvgIpc) is 2.45. The Kier molecular flexibility index (Phi) is 6.72. The predicted molar refractivity (Wildman–Crippen MR) is 96.8 cm³/mol. The Bertz CT molecular complexity index is 704. The molecule has 0 radical (unpaired) electrons. The summed E-state index contributed by atoms with van der Waals surface area (Å²) in [4.78, 5) is 17.6. The number of hydrogen-bond donors (Lipinski definition) is 1. The number of aromatic nitrogens is 1. The fourth-order valence-corrected chi connectivity index (χ4v) is 2.49. The molecule has 0 saturated carbocycles. The number of fused-ring (bicyclic) bond motifs is 1. The molecule has 0 unspecified atom stereocenters. The summed E-state index contributed by atoms with van der Waals surface area (Å²) in [6, 6.07) is 5.03. The zero-order chi connectivity index (χ0) is 16.3. The topological polar surface area (TPSA) is 71.3 Å². The standard InChI is InChI=1S/C16H22N4O2.ClH/c1-11-12(2)18-13-7-5-8-14(20(21)22)15(13)16(11)17-9-6-10-19(3)4;/h5,7-8H,6,9-10H2,1-4H3,(H,17,18);1H. The van der Waals surface area contributed by atoms with E-state index in [0.717, 1.165) is 36.5 Å². The molecule has 0 atom stereocenters. The van der Waals surface area contributed by atoms with Crippen LogP contribution in [0.25, 0.3) is 10.9 Å². The largest absolute Gasteiger partial charge is 0.384 e. The van der Waals surface area contributed by atoms with E-state index in [2.05, 4.69) is 15.2 Å². The maximum atomic E-state index is 11.3. The summed E-state index contributed by atoms with van der Waals surface area (Å²) in [6.07, 6.45) is 0.968. The molecule has 7 heteroatoms. The molecular weight excluding hydrogens is 316 g/mol. The van der Waals surface area contributed by atoms with Gasteiger partial charge >= 0.3 is 0 Å². The zero-order valence-corrected chi connectivity index (χ0v) is 14.7. The number of non-ortho nitro benzene ring substituents is 1. The van der Waals surface area contributed by atoms with Crippen LogP contribution in [-0.2, 0) is 0 Å². The zero-order valence-electron chi connectivity index (χ0n) is 13.9. The molecule has 0 fully saturated rings. The van der Waals surface area contributed by atoms with Crippen LogP contribution in [0.5, 0.6) is 0 Å². The fraction of sp³-hybridized carbons (Fsp3) is 0.438. The summed E-state index contributed by atoms with van der Waals surface area (Å²) in [5.41, 5.74) is 3.44. The molecule has 0 spiro atoms. The van der Waals surface area contributed by atoms with Crippen molar-refractivity contribution < 1.29 is 4.92 Å². The number of halogens is 1. The molecule has 1 heterocycles. The SMILES string of the molecule is Cc1nc2cccc([N+](=O)[O-])c2c(NCCCN(C)C)c1C.Cl. The van der Waals surface area contributed by atoms with Gasteiger partial charge in [-0.25, -0.2) is 0 Å². The third-order valence-electron chi connectivity index (χ3n) is 3.76. The molecule has 6 nitrogen and oxygen atoms in total. The highest BCUT2D eigenvalue weighted by Gasteiger charge is 2.19. The van der Waals surface area contributed by atoms with Crippen LogP contribution < -0.4 is 5.32 Å². The van der Waals surface area contributed by atoms with Crippen LogP contribution >= 0.6 is 12.4 Å². The number of nitrogens with zero attached hydrogens (tertiary/aromatic N) is 3. The predicted octanol–water partition coefficient (Wildman–Crippen LogP) is 3.55. The monoisotopic (exact) mass is 338 g/mol. The molecule has 2 rings (SSSR count). The van der Waals surface area contributed by atoms with Crippen molar-refractivity contribution in [2.75, 3.05) is 32.5 Å². The maximum Gasteiger partial charge on any atom is 0.280 e. The number of hydrogen-bond acceptors (Lipinski definition) is 5. The van der Waals surface area contributed by atoms with Crippen LogP contribution in [0.1, 0.15) is 17.7 Å². The fourth-order valence-electron chi connectivity index (χ4n) is 2.49. The van der Waals surface area contributed by atoms with Crippen LogP contribution in [0.2, 0.25) is 0 Å². The van der Waals surface area contributed by atoms with Gasteiger partial charge in [0.1, 0.15) is 5.39 Å². The Labute approximate surface area is 142 Å². The summed E-state index contributed by atoms with van der Waals surface area (Å²) in [5.74, 6) is 0. The van der Waals surface area contributed by atoms with Gasteiger partial charge in [0.25, 0.3) is 5.69 Å². The second-order valence-corrected chi connectivity index (χ2v) is 5.71. The van der Waals surface area contributed by atoms with Gasteiger partial charge in [0.05, 0.1) is 16.1 Å². The molecule has 1 N–H and O–H groups in total. The lowest BCUT2D eigenvalue weighted by Crippen LogP contribution is -2.17. The number of nitro groups is 1. The van der Waals surface area contributed by atoms with Gasteiger partial charge < -0.3 is 10.2 Å². The number of rotatable bonds is 6. The van der Waals surface area contributed by atoms with Crippen LogP contribution in [-0.4, -0.2) is 42.0 Å². The van der Waals surface area contributed by atoms with E-state index in [1.165, 1.54) is 6.07 Å². The van der Waals surface area contributed by atoms with Gasteiger partial charge in [0, 0.05) is 18.3 Å². The Balaban J connectivity index is 0.00000264. The molecule has 0 aliphatic carbocycles. The molecule has 1 aromatic carbocycles. The average molecular weight is 339 g/mol. The Morgan fingerprint density at radius 3 is 2.61 bits per heavy atom. The highest BCUT2D eigenvalue weighted by Crippen LogP contribution is 2.34. The van der Waals surface area contributed by atoms with E-state index < -0.39 is 0 Å². The molecule has 1 aromatic heterocycles. The van der Waals surface area contributed by atoms with E-state index in [1.54, 1.807) is 6.07 Å². The highest BCUT2D eigenvalue weighted by atomic mass is 35.5. The minimum absolute atomic E-state index is 0. The first-order valence-corrected chi connectivity index (χ1v) is 7.34. The van der Waals surface area contributed by atoms with Crippen LogP contribution in [0.15, 0.2) is 18.2 Å². The van der Waals surface area contributed by atoms with E-state index in [4.69, 9.17) is 0 Å². The summed E-state index contributed by atoms with van der Waals surface area (Å²) in [7, 11) is 4.06. The van der Waals surface area contributed by atoms with Crippen molar-refractivity contribution in [3.63, 3.8) is 0 Å². The molecule has 2 aromatic rings. The van der Waals surface area contributed by atoms with Crippen molar-refractivity contribution in [1.82, 2.24) is 9.88 Å². The lowest BCUT2D eigenvalue weighted by Gasteiger charge is -2.15. The first-order chi connectivity index (χ1) is 10.4. The number of benzene rings is 1. The molecular formula is C16H23ClN4O2. The number of anilines is 1. The van der Waals surface area contributed by atoms with Gasteiger partial charge in [-0.2, -0.15) is 0 Å². The van der Waals surface area contributed by atoms with Gasteiger partial charge in [-0.05, 0) is 52.5 Å². The van der Waals surface area contributed by atoms with Gasteiger partial charge in [-0.1, -0.05) is 6.07 Å². The van der Waals surface area contributed by atoms with Crippen molar-refractivity contribution in [1.29, 1.82) is 0 Å². The van der Waals surface area contributed by atoms with Crippen molar-refractivity contribution in [3.05, 3.63) is 39.6 Å². The molecule has 0 amide bonds. The number of nitro benzene ring substituents is 1. The minimum Gasteiger partial charge on any atom is -0.384 e. The van der Waals surface area contributed by atoms with E-state index >= 15 is 0 Å². The first-order valence-electron chi connectivity index (χ1n) is 7.34. The van der Waals surface area contributed by atoms with Gasteiger partial charge in [-0.3, -0.25) is 15.1 Å². The normalized spacial score (nSPS) is 10.7. The minimum atomic E-state index is -0.343. The van der Waals surface area contributed by atoms with Crippen molar-refractivity contribution in [3.8, 4) is 0 Å². The summed E-state index contributed by atoms with van der Waals surface area (Å²) in [5, 5.41) is 15.3. The van der Waals surface area contributed by atoms with E-state index in [9.17, 15) is 10.1 Å². The number of aryl methyl sites for hydroxylation is 1. The lowest BCUT2D eigenvalue weighted by molar-refractivity contribution is -0.383. The Morgan fingerprint density at radius 2 is 2.00 bits per heavy atom. The van der Waals surface area contributed by atoms with Crippen molar-refractivity contribution in [2.45, 2.75) is 20.3 Å². The lowest BCUT2D eigenvalue weighted by atomic mass is 10.1. The van der Waals surface area contributed by atoms with Crippen molar-refractivity contribution >= 4 is 34.7 Å². The van der Waals surface area contributed by atoms with Gasteiger partial charge in [-0.15, -0.1) is 12.4 Å². The van der Waals surface area contributed by atoms with E-state index in [-0.39, 0.29) is 23.0 Å². The number of pyridine rings is 1. The quantitative estimate of drug-likeness (QED) is 0.495. The van der Waals surface area contributed by atoms with Crippen molar-refractivity contribution in [2.24, 2.45) is 0 Å². The Morgan fingerprint density at radius 1 is 1.30 bits per heavy atom. The Hall–Kier alpha value is -1.92. The molecule has 0 saturated heterocycles. The number of nitrogens with one attached hydrogen (secondary N) is 1. The summed E-state index contributed by atoms with van der Waals surface area (Å²) >= 11 is 0. The summed E-state index contributed by atoms with van der Waals surface area (Å²) in [6.45, 7) is 5.62. The van der Waals surface area contributed by atoms with Crippen LogP contribution in [0, 0.1) is 24.0 Å². The molecule has 0 aliphatic rings. The molecule has 0 aliphatic heterocycles. The second kappa shape index (κ2) is 8.08. The third kappa shape index (κ3) is 4.30.